The predicted octanol–water partition coefficient (Wildman–Crippen LogP) is 5.20. The third-order valence-electron chi connectivity index (χ3n) is 2.97. The Labute approximate surface area is 128 Å². The third kappa shape index (κ3) is 3.31. The monoisotopic (exact) mass is 337 g/mol. The molecule has 0 aliphatic carbocycles. The Balaban J connectivity index is 2.46. The molecule has 0 fully saturated rings. The highest BCUT2D eigenvalue weighted by atomic mass is 35.5. The van der Waals surface area contributed by atoms with Crippen LogP contribution < -0.4 is 5.73 Å². The molecule has 0 aliphatic rings. The van der Waals surface area contributed by atoms with Gasteiger partial charge in [0.15, 0.2) is 0 Å². The lowest BCUT2D eigenvalue weighted by Gasteiger charge is -2.17. The Kier molecular flexibility index (Phi) is 4.46. The molecule has 2 aromatic carbocycles. The molecule has 2 rings (SSSR count). The maximum atomic E-state index is 13.6. The number of hydrogen-bond acceptors (Lipinski definition) is 1. The van der Waals surface area contributed by atoms with E-state index in [9.17, 15) is 17.6 Å². The second-order valence-electron chi connectivity index (χ2n) is 4.35. The minimum absolute atomic E-state index is 0.149. The molecule has 0 amide bonds. The summed E-state index contributed by atoms with van der Waals surface area (Å²) < 4.78 is 51.1. The lowest BCUT2D eigenvalue weighted by Crippen LogP contribution is -2.15. The molecule has 21 heavy (non-hydrogen) atoms. The Morgan fingerprint density at radius 1 is 1.00 bits per heavy atom. The van der Waals surface area contributed by atoms with E-state index >= 15 is 0 Å². The minimum Gasteiger partial charge on any atom is -0.320 e. The van der Waals surface area contributed by atoms with E-state index in [4.69, 9.17) is 28.9 Å². The maximum Gasteiger partial charge on any atom is 0.419 e. The van der Waals surface area contributed by atoms with E-state index in [2.05, 4.69) is 0 Å². The summed E-state index contributed by atoms with van der Waals surface area (Å²) in [4.78, 5) is 0. The van der Waals surface area contributed by atoms with Gasteiger partial charge in [-0.15, -0.1) is 0 Å². The van der Waals surface area contributed by atoms with Crippen LogP contribution in [0.3, 0.4) is 0 Å². The minimum atomic E-state index is -4.76. The molecule has 112 valence electrons. The molecular formula is C14H9Cl2F4N. The standard InChI is InChI=1S/C14H9Cl2F4N/c15-9-2-1-3-10(16)12(9)13(21)7-4-5-8(11(17)6-7)14(18,19)20/h1-6,13H,21H2. The molecule has 0 heterocycles. The zero-order valence-electron chi connectivity index (χ0n) is 10.4. The molecule has 0 bridgehead atoms. The first-order valence-electron chi connectivity index (χ1n) is 5.78. The molecule has 0 spiro atoms. The van der Waals surface area contributed by atoms with Crippen LogP contribution in [0.15, 0.2) is 36.4 Å². The third-order valence-corrected chi connectivity index (χ3v) is 3.63. The number of hydrogen-bond donors (Lipinski definition) is 1. The van der Waals surface area contributed by atoms with Gasteiger partial charge >= 0.3 is 6.18 Å². The fourth-order valence-electron chi connectivity index (χ4n) is 1.93. The molecule has 2 N–H and O–H groups in total. The molecule has 0 saturated carbocycles. The summed E-state index contributed by atoms with van der Waals surface area (Å²) in [6.07, 6.45) is -4.76. The van der Waals surface area contributed by atoms with Crippen LogP contribution in [-0.2, 0) is 6.18 Å². The molecule has 2 aromatic rings. The van der Waals surface area contributed by atoms with Crippen molar-refractivity contribution in [3.8, 4) is 0 Å². The lowest BCUT2D eigenvalue weighted by molar-refractivity contribution is -0.140. The van der Waals surface area contributed by atoms with Crippen molar-refractivity contribution in [2.75, 3.05) is 0 Å². The van der Waals surface area contributed by atoms with E-state index in [-0.39, 0.29) is 15.6 Å². The zero-order valence-corrected chi connectivity index (χ0v) is 11.9. The molecule has 1 nitrogen and oxygen atoms in total. The quantitative estimate of drug-likeness (QED) is 0.749. The van der Waals surface area contributed by atoms with Gasteiger partial charge in [0.05, 0.1) is 11.6 Å². The van der Waals surface area contributed by atoms with Crippen molar-refractivity contribution in [2.45, 2.75) is 12.2 Å². The number of alkyl halides is 3. The predicted molar refractivity (Wildman–Crippen MR) is 73.9 cm³/mol. The van der Waals surface area contributed by atoms with E-state index in [1.165, 1.54) is 0 Å². The van der Waals surface area contributed by atoms with Gasteiger partial charge in [0.2, 0.25) is 0 Å². The first kappa shape index (κ1) is 16.1. The SMILES string of the molecule is NC(c1ccc(C(F)(F)F)c(F)c1)c1c(Cl)cccc1Cl. The normalized spacial score (nSPS) is 13.3. The van der Waals surface area contributed by atoms with Gasteiger partial charge in [-0.2, -0.15) is 13.2 Å². The van der Waals surface area contributed by atoms with Crippen LogP contribution in [0.5, 0.6) is 0 Å². The highest BCUT2D eigenvalue weighted by molar-refractivity contribution is 6.36. The molecule has 0 saturated heterocycles. The summed E-state index contributed by atoms with van der Waals surface area (Å²) in [6, 6.07) is 6.27. The van der Waals surface area contributed by atoms with Crippen LogP contribution in [0.2, 0.25) is 10.0 Å². The zero-order chi connectivity index (χ0) is 15.8. The Morgan fingerprint density at radius 3 is 2.05 bits per heavy atom. The highest BCUT2D eigenvalue weighted by Crippen LogP contribution is 2.36. The van der Waals surface area contributed by atoms with Crippen LogP contribution in [0, 0.1) is 5.82 Å². The Bertz CT molecular complexity index is 650. The molecule has 1 atom stereocenters. The summed E-state index contributed by atoms with van der Waals surface area (Å²) >= 11 is 12.0. The smallest absolute Gasteiger partial charge is 0.320 e. The first-order valence-corrected chi connectivity index (χ1v) is 6.53. The van der Waals surface area contributed by atoms with Gasteiger partial charge < -0.3 is 5.73 Å². The van der Waals surface area contributed by atoms with E-state index in [0.717, 1.165) is 12.1 Å². The van der Waals surface area contributed by atoms with Gasteiger partial charge in [-0.25, -0.2) is 4.39 Å². The average molecular weight is 338 g/mol. The fourth-order valence-corrected chi connectivity index (χ4v) is 2.56. The van der Waals surface area contributed by atoms with Gasteiger partial charge in [0.25, 0.3) is 0 Å². The molecule has 0 aromatic heterocycles. The van der Waals surface area contributed by atoms with Crippen molar-refractivity contribution in [1.82, 2.24) is 0 Å². The Morgan fingerprint density at radius 2 is 1.57 bits per heavy atom. The molecule has 7 heteroatoms. The first-order chi connectivity index (χ1) is 9.71. The Hall–Kier alpha value is -1.30. The summed E-state index contributed by atoms with van der Waals surface area (Å²) in [5.41, 5.74) is 5.07. The summed E-state index contributed by atoms with van der Waals surface area (Å²) in [6.45, 7) is 0. The van der Waals surface area contributed by atoms with Crippen molar-refractivity contribution < 1.29 is 17.6 Å². The molecule has 1 unspecified atom stereocenters. The van der Waals surface area contributed by atoms with Gasteiger partial charge in [0, 0.05) is 15.6 Å². The largest absolute Gasteiger partial charge is 0.419 e. The molecule has 0 radical (unpaired) electrons. The van der Waals surface area contributed by atoms with Crippen molar-refractivity contribution in [3.63, 3.8) is 0 Å². The van der Waals surface area contributed by atoms with Crippen molar-refractivity contribution in [1.29, 1.82) is 0 Å². The van der Waals surface area contributed by atoms with Crippen LogP contribution in [-0.4, -0.2) is 0 Å². The van der Waals surface area contributed by atoms with Gasteiger partial charge in [0.1, 0.15) is 5.82 Å². The van der Waals surface area contributed by atoms with Crippen molar-refractivity contribution >= 4 is 23.2 Å². The number of nitrogens with two attached hydrogens (primary N) is 1. The van der Waals surface area contributed by atoms with E-state index < -0.39 is 23.6 Å². The second-order valence-corrected chi connectivity index (χ2v) is 5.16. The van der Waals surface area contributed by atoms with Crippen LogP contribution in [0.1, 0.15) is 22.7 Å². The van der Waals surface area contributed by atoms with Gasteiger partial charge in [-0.1, -0.05) is 35.3 Å². The van der Waals surface area contributed by atoms with E-state index in [1.54, 1.807) is 18.2 Å². The highest BCUT2D eigenvalue weighted by Gasteiger charge is 2.34. The van der Waals surface area contributed by atoms with Crippen molar-refractivity contribution in [2.24, 2.45) is 5.73 Å². The van der Waals surface area contributed by atoms with E-state index in [1.807, 2.05) is 0 Å². The number of rotatable bonds is 2. The molecular weight excluding hydrogens is 329 g/mol. The van der Waals surface area contributed by atoms with Gasteiger partial charge in [-0.3, -0.25) is 0 Å². The summed E-state index contributed by atoms with van der Waals surface area (Å²) in [5.74, 6) is -1.39. The second kappa shape index (κ2) is 5.83. The molecule has 0 aliphatic heterocycles. The van der Waals surface area contributed by atoms with Crippen LogP contribution in [0.4, 0.5) is 17.6 Å². The number of benzene rings is 2. The van der Waals surface area contributed by atoms with Crippen LogP contribution in [0.25, 0.3) is 0 Å². The topological polar surface area (TPSA) is 26.0 Å². The maximum absolute atomic E-state index is 13.6. The lowest BCUT2D eigenvalue weighted by atomic mass is 9.98. The summed E-state index contributed by atoms with van der Waals surface area (Å²) in [5, 5.41) is 0.519. The average Bonchev–Trinajstić information content (AvgIpc) is 2.36. The van der Waals surface area contributed by atoms with Crippen LogP contribution >= 0.6 is 23.2 Å². The van der Waals surface area contributed by atoms with E-state index in [0.29, 0.717) is 11.6 Å². The fraction of sp³-hybridized carbons (Fsp3) is 0.143. The van der Waals surface area contributed by atoms with Gasteiger partial charge in [-0.05, 0) is 29.8 Å². The number of halogens is 6. The summed E-state index contributed by atoms with van der Waals surface area (Å²) in [7, 11) is 0. The van der Waals surface area contributed by atoms with Crippen molar-refractivity contribution in [3.05, 3.63) is 69.0 Å².